The predicted octanol–water partition coefficient (Wildman–Crippen LogP) is 2.35. The highest BCUT2D eigenvalue weighted by atomic mass is 16.2. The third-order valence-corrected chi connectivity index (χ3v) is 5.21. The zero-order valence-electron chi connectivity index (χ0n) is 13.9. The number of fused-ring (bicyclic) bond motifs is 1. The number of carbonyl (C=O) groups excluding carboxylic acids is 2. The van der Waals surface area contributed by atoms with Gasteiger partial charge in [-0.05, 0) is 55.8 Å². The summed E-state index contributed by atoms with van der Waals surface area (Å²) in [7, 11) is 1.85. The van der Waals surface area contributed by atoms with Crippen molar-refractivity contribution in [3.8, 4) is 0 Å². The number of hydrogen-bond donors (Lipinski definition) is 1. The van der Waals surface area contributed by atoms with Crippen LogP contribution in [0.5, 0.6) is 0 Å². The van der Waals surface area contributed by atoms with Crippen LogP contribution in [-0.4, -0.2) is 42.8 Å². The third kappa shape index (κ3) is 3.81. The second-order valence-corrected chi connectivity index (χ2v) is 6.77. The summed E-state index contributed by atoms with van der Waals surface area (Å²) in [5, 5.41) is 3.27. The molecule has 4 nitrogen and oxygen atoms in total. The molecule has 2 aliphatic rings. The fourth-order valence-corrected chi connectivity index (χ4v) is 3.62. The van der Waals surface area contributed by atoms with Crippen molar-refractivity contribution in [2.45, 2.75) is 51.0 Å². The summed E-state index contributed by atoms with van der Waals surface area (Å²) in [6, 6.07) is 6.36. The Balaban J connectivity index is 1.55. The quantitative estimate of drug-likeness (QED) is 0.849. The normalized spacial score (nSPS) is 20.1. The summed E-state index contributed by atoms with van der Waals surface area (Å²) in [4.78, 5) is 26.4. The van der Waals surface area contributed by atoms with Crippen molar-refractivity contribution in [1.82, 2.24) is 10.2 Å². The van der Waals surface area contributed by atoms with Gasteiger partial charge in [-0.15, -0.1) is 0 Å². The highest BCUT2D eigenvalue weighted by Crippen LogP contribution is 2.23. The maximum absolute atomic E-state index is 12.4. The van der Waals surface area contributed by atoms with Crippen LogP contribution in [0.2, 0.25) is 0 Å². The molecule has 1 aromatic carbocycles. The van der Waals surface area contributed by atoms with E-state index in [1.54, 1.807) is 4.90 Å². The molecule has 0 saturated carbocycles. The van der Waals surface area contributed by atoms with Crippen LogP contribution >= 0.6 is 0 Å². The molecule has 1 saturated heterocycles. The van der Waals surface area contributed by atoms with E-state index in [1.807, 2.05) is 19.2 Å². The molecule has 1 amide bonds. The number of ketones is 1. The van der Waals surface area contributed by atoms with E-state index in [0.29, 0.717) is 12.8 Å². The first-order valence-electron chi connectivity index (χ1n) is 8.76. The fraction of sp³-hybridized carbons (Fsp3) is 0.579. The fourth-order valence-electron chi connectivity index (χ4n) is 3.62. The van der Waals surface area contributed by atoms with E-state index in [2.05, 4.69) is 11.4 Å². The Hall–Kier alpha value is -1.68. The molecule has 3 rings (SSSR count). The molecular formula is C19H26N2O2. The van der Waals surface area contributed by atoms with E-state index in [4.69, 9.17) is 0 Å². The van der Waals surface area contributed by atoms with Gasteiger partial charge in [-0.25, -0.2) is 0 Å². The minimum atomic E-state index is 0.0741. The lowest BCUT2D eigenvalue weighted by molar-refractivity contribution is -0.131. The molecule has 1 N–H and O–H groups in total. The summed E-state index contributed by atoms with van der Waals surface area (Å²) in [6.45, 7) is 1.83. The maximum Gasteiger partial charge on any atom is 0.223 e. The van der Waals surface area contributed by atoms with Crippen molar-refractivity contribution in [1.29, 1.82) is 0 Å². The molecule has 1 atom stereocenters. The van der Waals surface area contributed by atoms with E-state index in [0.717, 1.165) is 37.9 Å². The van der Waals surface area contributed by atoms with Crippen LogP contribution in [0.25, 0.3) is 0 Å². The molecule has 1 heterocycles. The van der Waals surface area contributed by atoms with Gasteiger partial charge in [0.15, 0.2) is 5.78 Å². The van der Waals surface area contributed by atoms with Crippen LogP contribution in [0.1, 0.15) is 53.6 Å². The van der Waals surface area contributed by atoms with Crippen molar-refractivity contribution in [3.63, 3.8) is 0 Å². The average molecular weight is 314 g/mol. The Kier molecular flexibility index (Phi) is 5.11. The van der Waals surface area contributed by atoms with Crippen molar-refractivity contribution < 1.29 is 9.59 Å². The molecule has 1 unspecified atom stereocenters. The van der Waals surface area contributed by atoms with E-state index < -0.39 is 0 Å². The molecule has 4 heteroatoms. The number of carbonyl (C=O) groups is 2. The third-order valence-electron chi connectivity index (χ3n) is 5.21. The van der Waals surface area contributed by atoms with Crippen LogP contribution in [-0.2, 0) is 17.6 Å². The number of amides is 1. The Labute approximate surface area is 138 Å². The summed E-state index contributed by atoms with van der Waals surface area (Å²) >= 11 is 0. The van der Waals surface area contributed by atoms with Crippen molar-refractivity contribution in [2.75, 3.05) is 20.1 Å². The number of likely N-dealkylation sites (N-methyl/N-ethyl adjacent to an activating group) is 1. The topological polar surface area (TPSA) is 49.4 Å². The van der Waals surface area contributed by atoms with Gasteiger partial charge in [0.25, 0.3) is 0 Å². The second-order valence-electron chi connectivity index (χ2n) is 6.77. The van der Waals surface area contributed by atoms with Crippen LogP contribution in [0, 0.1) is 0 Å². The van der Waals surface area contributed by atoms with Gasteiger partial charge < -0.3 is 10.2 Å². The molecular weight excluding hydrogens is 288 g/mol. The summed E-state index contributed by atoms with van der Waals surface area (Å²) in [5.74, 6) is 0.162. The largest absolute Gasteiger partial charge is 0.341 e. The minimum absolute atomic E-state index is 0.0741. The van der Waals surface area contributed by atoms with Gasteiger partial charge in [-0.3, -0.25) is 9.59 Å². The first kappa shape index (κ1) is 16.2. The van der Waals surface area contributed by atoms with Crippen molar-refractivity contribution >= 4 is 11.7 Å². The Morgan fingerprint density at radius 2 is 1.96 bits per heavy atom. The Bertz CT molecular complexity index is 591. The van der Waals surface area contributed by atoms with Gasteiger partial charge in [-0.1, -0.05) is 12.1 Å². The highest BCUT2D eigenvalue weighted by molar-refractivity contribution is 5.98. The number of Topliss-reactive ketones (excluding diaryl/α,β-unsaturated/α-hetero) is 1. The van der Waals surface area contributed by atoms with Gasteiger partial charge in [0.2, 0.25) is 5.91 Å². The van der Waals surface area contributed by atoms with Gasteiger partial charge >= 0.3 is 0 Å². The zero-order chi connectivity index (χ0) is 16.2. The van der Waals surface area contributed by atoms with Gasteiger partial charge in [-0.2, -0.15) is 0 Å². The Morgan fingerprint density at radius 1 is 1.17 bits per heavy atom. The number of nitrogens with zero attached hydrogens (tertiary/aromatic N) is 1. The average Bonchev–Trinajstić information content (AvgIpc) is 3.12. The molecule has 0 bridgehead atoms. The molecule has 1 aliphatic carbocycles. The highest BCUT2D eigenvalue weighted by Gasteiger charge is 2.23. The maximum atomic E-state index is 12.4. The lowest BCUT2D eigenvalue weighted by Gasteiger charge is -2.23. The summed E-state index contributed by atoms with van der Waals surface area (Å²) in [5.41, 5.74) is 3.48. The second kappa shape index (κ2) is 7.26. The number of benzene rings is 1. The standard InChI is InChI=1S/C19H26N2O2/c1-21(17-10-11-20-13-17)19(23)9-8-18(22)16-7-6-14-4-2-3-5-15(14)12-16/h6-7,12,17,20H,2-5,8-11,13H2,1H3. The zero-order valence-corrected chi connectivity index (χ0v) is 13.9. The molecule has 1 aromatic rings. The summed E-state index contributed by atoms with van der Waals surface area (Å²) in [6.07, 6.45) is 6.28. The number of hydrogen-bond acceptors (Lipinski definition) is 3. The summed E-state index contributed by atoms with van der Waals surface area (Å²) < 4.78 is 0. The van der Waals surface area contributed by atoms with Gasteiger partial charge in [0.05, 0.1) is 0 Å². The van der Waals surface area contributed by atoms with E-state index in [-0.39, 0.29) is 17.7 Å². The molecule has 23 heavy (non-hydrogen) atoms. The Morgan fingerprint density at radius 3 is 2.70 bits per heavy atom. The molecule has 0 spiro atoms. The smallest absolute Gasteiger partial charge is 0.223 e. The molecule has 0 aromatic heterocycles. The monoisotopic (exact) mass is 314 g/mol. The number of nitrogens with one attached hydrogen (secondary N) is 1. The SMILES string of the molecule is CN(C(=O)CCC(=O)c1ccc2c(c1)CCCC2)C1CCNC1. The van der Waals surface area contributed by atoms with Gasteiger partial charge in [0.1, 0.15) is 0 Å². The molecule has 1 fully saturated rings. The lowest BCUT2D eigenvalue weighted by atomic mass is 9.89. The van der Waals surface area contributed by atoms with E-state index in [9.17, 15) is 9.59 Å². The molecule has 124 valence electrons. The van der Waals surface area contributed by atoms with Gasteiger partial charge in [0, 0.05) is 38.0 Å². The first-order chi connectivity index (χ1) is 11.1. The number of rotatable bonds is 5. The van der Waals surface area contributed by atoms with Crippen LogP contribution < -0.4 is 5.32 Å². The minimum Gasteiger partial charge on any atom is -0.341 e. The molecule has 0 radical (unpaired) electrons. The van der Waals surface area contributed by atoms with Crippen LogP contribution in [0.3, 0.4) is 0 Å². The van der Waals surface area contributed by atoms with Crippen molar-refractivity contribution in [3.05, 3.63) is 34.9 Å². The molecule has 1 aliphatic heterocycles. The first-order valence-corrected chi connectivity index (χ1v) is 8.76. The van der Waals surface area contributed by atoms with Crippen LogP contribution in [0.4, 0.5) is 0 Å². The van der Waals surface area contributed by atoms with E-state index in [1.165, 1.54) is 24.0 Å². The van der Waals surface area contributed by atoms with E-state index >= 15 is 0 Å². The van der Waals surface area contributed by atoms with Crippen molar-refractivity contribution in [2.24, 2.45) is 0 Å². The predicted molar refractivity (Wildman–Crippen MR) is 90.7 cm³/mol. The van der Waals surface area contributed by atoms with Crippen LogP contribution in [0.15, 0.2) is 18.2 Å². The lowest BCUT2D eigenvalue weighted by Crippen LogP contribution is -2.38. The number of aryl methyl sites for hydroxylation is 2.